The highest BCUT2D eigenvalue weighted by molar-refractivity contribution is 5.93. The first-order valence-corrected chi connectivity index (χ1v) is 7.45. The Morgan fingerprint density at radius 3 is 2.96 bits per heavy atom. The average molecular weight is 310 g/mol. The molecule has 0 aromatic carbocycles. The molecule has 118 valence electrons. The summed E-state index contributed by atoms with van der Waals surface area (Å²) in [5, 5.41) is 17.9. The largest absolute Gasteiger partial charge is 0.357 e. The summed E-state index contributed by atoms with van der Waals surface area (Å²) in [6, 6.07) is 3.69. The van der Waals surface area contributed by atoms with Crippen LogP contribution in [0.15, 0.2) is 34.8 Å². The van der Waals surface area contributed by atoms with Crippen molar-refractivity contribution in [1.82, 2.24) is 20.1 Å². The number of aromatic amines is 1. The lowest BCUT2D eigenvalue weighted by atomic mass is 10.0. The van der Waals surface area contributed by atoms with Gasteiger partial charge in [-0.2, -0.15) is 15.3 Å². The molecule has 0 saturated carbocycles. The zero-order chi connectivity index (χ0) is 16.3. The maximum Gasteiger partial charge on any atom is 0.269 e. The van der Waals surface area contributed by atoms with E-state index in [0.29, 0.717) is 25.1 Å². The fourth-order valence-electron chi connectivity index (χ4n) is 2.38. The molecule has 1 aliphatic heterocycles. The maximum atomic E-state index is 12.1. The number of hydrogen-bond donors (Lipinski definition) is 2. The second kappa shape index (κ2) is 6.08. The monoisotopic (exact) mass is 310 g/mol. The lowest BCUT2D eigenvalue weighted by Crippen LogP contribution is -2.28. The summed E-state index contributed by atoms with van der Waals surface area (Å²) in [5.74, 6) is 2.40. The lowest BCUT2D eigenvalue weighted by molar-refractivity contribution is 0.0947. The number of amides is 1. The third-order valence-corrected chi connectivity index (χ3v) is 3.81. The van der Waals surface area contributed by atoms with E-state index in [1.165, 1.54) is 0 Å². The molecule has 0 bridgehead atoms. The number of rotatable bonds is 7. The van der Waals surface area contributed by atoms with Crippen LogP contribution in [0.4, 0.5) is 0 Å². The zero-order valence-electron chi connectivity index (χ0n) is 12.9. The smallest absolute Gasteiger partial charge is 0.269 e. The third kappa shape index (κ3) is 3.48. The molecule has 0 atom stereocenters. The molecule has 0 fully saturated rings. The Morgan fingerprint density at radius 2 is 2.30 bits per heavy atom. The molecule has 2 N–H and O–H groups in total. The van der Waals surface area contributed by atoms with Gasteiger partial charge in [0.05, 0.1) is 5.69 Å². The van der Waals surface area contributed by atoms with E-state index in [1.54, 1.807) is 6.07 Å². The number of H-pyrrole nitrogens is 1. The van der Waals surface area contributed by atoms with Crippen molar-refractivity contribution in [2.75, 3.05) is 6.54 Å². The molecule has 0 unspecified atom stereocenters. The Labute approximate surface area is 134 Å². The highest BCUT2D eigenvalue weighted by Gasteiger charge is 2.38. The van der Waals surface area contributed by atoms with Crippen LogP contribution in [0.25, 0.3) is 11.3 Å². The third-order valence-electron chi connectivity index (χ3n) is 3.81. The van der Waals surface area contributed by atoms with Gasteiger partial charge in [-0.15, -0.1) is 12.3 Å². The summed E-state index contributed by atoms with van der Waals surface area (Å²) in [7, 11) is 1.94. The molecule has 0 aliphatic carbocycles. The van der Waals surface area contributed by atoms with Gasteiger partial charge in [-0.25, -0.2) is 0 Å². The number of nitrogens with zero attached hydrogens (tertiary/aromatic N) is 4. The first kappa shape index (κ1) is 15.0. The van der Waals surface area contributed by atoms with Crippen LogP contribution in [0.2, 0.25) is 0 Å². The van der Waals surface area contributed by atoms with Crippen LogP contribution < -0.4 is 5.32 Å². The van der Waals surface area contributed by atoms with E-state index in [0.717, 1.165) is 17.7 Å². The summed E-state index contributed by atoms with van der Waals surface area (Å²) in [6.45, 7) is 0.496. The Kier molecular flexibility index (Phi) is 3.98. The molecule has 3 heterocycles. The fourth-order valence-corrected chi connectivity index (χ4v) is 2.38. The Balaban J connectivity index is 1.51. The summed E-state index contributed by atoms with van der Waals surface area (Å²) in [4.78, 5) is 12.1. The van der Waals surface area contributed by atoms with Crippen molar-refractivity contribution in [2.24, 2.45) is 17.3 Å². The lowest BCUT2D eigenvalue weighted by Gasteiger charge is -2.09. The molecule has 3 rings (SSSR count). The summed E-state index contributed by atoms with van der Waals surface area (Å²) >= 11 is 0. The molecular weight excluding hydrogens is 292 g/mol. The molecule has 23 heavy (non-hydrogen) atoms. The van der Waals surface area contributed by atoms with E-state index >= 15 is 0 Å². The van der Waals surface area contributed by atoms with Crippen LogP contribution >= 0.6 is 0 Å². The van der Waals surface area contributed by atoms with Gasteiger partial charge in [0.2, 0.25) is 0 Å². The minimum Gasteiger partial charge on any atom is -0.357 e. The first-order valence-electron chi connectivity index (χ1n) is 7.45. The molecule has 1 amide bonds. The maximum absolute atomic E-state index is 12.1. The molecule has 2 aromatic rings. The van der Waals surface area contributed by atoms with Crippen LogP contribution in [0.3, 0.4) is 0 Å². The number of aryl methyl sites for hydroxylation is 1. The highest BCUT2D eigenvalue weighted by Crippen LogP contribution is 2.36. The van der Waals surface area contributed by atoms with Crippen molar-refractivity contribution in [3.63, 3.8) is 0 Å². The summed E-state index contributed by atoms with van der Waals surface area (Å²) < 4.78 is 1.93. The van der Waals surface area contributed by atoms with Gasteiger partial charge in [-0.1, -0.05) is 0 Å². The van der Waals surface area contributed by atoms with Gasteiger partial charge < -0.3 is 9.88 Å². The van der Waals surface area contributed by atoms with Crippen molar-refractivity contribution in [3.05, 3.63) is 30.2 Å². The van der Waals surface area contributed by atoms with Gasteiger partial charge in [0.15, 0.2) is 5.66 Å². The second-order valence-corrected chi connectivity index (χ2v) is 5.62. The van der Waals surface area contributed by atoms with Gasteiger partial charge in [0.1, 0.15) is 5.69 Å². The molecular formula is C16H18N6O. The first-order chi connectivity index (χ1) is 11.1. The Morgan fingerprint density at radius 1 is 1.48 bits per heavy atom. The van der Waals surface area contributed by atoms with Gasteiger partial charge in [-0.3, -0.25) is 9.89 Å². The molecule has 1 aliphatic rings. The molecule has 0 saturated heterocycles. The Hall–Kier alpha value is -2.88. The topological polar surface area (TPSA) is 87.4 Å². The van der Waals surface area contributed by atoms with E-state index in [1.807, 2.05) is 30.1 Å². The molecule has 2 aromatic heterocycles. The summed E-state index contributed by atoms with van der Waals surface area (Å²) in [5.41, 5.74) is 1.77. The van der Waals surface area contributed by atoms with E-state index in [-0.39, 0.29) is 11.6 Å². The molecule has 0 radical (unpaired) electrons. The molecule has 7 nitrogen and oxygen atoms in total. The second-order valence-electron chi connectivity index (χ2n) is 5.62. The van der Waals surface area contributed by atoms with Crippen molar-refractivity contribution in [3.8, 4) is 23.6 Å². The van der Waals surface area contributed by atoms with Crippen LogP contribution in [0.5, 0.6) is 0 Å². The fraction of sp³-hybridized carbons (Fsp3) is 0.375. The van der Waals surface area contributed by atoms with E-state index in [2.05, 4.69) is 31.7 Å². The number of terminal acetylenes is 1. The van der Waals surface area contributed by atoms with Crippen molar-refractivity contribution in [2.45, 2.75) is 24.9 Å². The zero-order valence-corrected chi connectivity index (χ0v) is 12.9. The van der Waals surface area contributed by atoms with Crippen LogP contribution in [-0.4, -0.2) is 32.9 Å². The van der Waals surface area contributed by atoms with Gasteiger partial charge in [-0.05, 0) is 12.1 Å². The standard InChI is InChI=1S/C16H18N6O/c1-3-4-6-16(20-21-16)7-8-17-15(23)14-10-13(18-19-14)12-5-9-22(2)11-12/h1,5,9-11H,4,6-8H2,2H3,(H,17,23)(H,18,19). The number of nitrogens with one attached hydrogen (secondary N) is 2. The van der Waals surface area contributed by atoms with Gasteiger partial charge in [0.25, 0.3) is 5.91 Å². The number of hydrogen-bond acceptors (Lipinski definition) is 4. The van der Waals surface area contributed by atoms with Gasteiger partial charge >= 0.3 is 0 Å². The van der Waals surface area contributed by atoms with Crippen LogP contribution in [-0.2, 0) is 7.05 Å². The molecule has 0 spiro atoms. The predicted octanol–water partition coefficient (Wildman–Crippen LogP) is 2.11. The van der Waals surface area contributed by atoms with E-state index < -0.39 is 0 Å². The van der Waals surface area contributed by atoms with Crippen molar-refractivity contribution >= 4 is 5.91 Å². The van der Waals surface area contributed by atoms with E-state index in [9.17, 15) is 4.79 Å². The number of carbonyl (C=O) groups is 1. The normalized spacial score (nSPS) is 14.4. The number of aromatic nitrogens is 3. The minimum atomic E-state index is -0.372. The SMILES string of the molecule is C#CCCC1(CCNC(=O)c2cc(-c3ccn(C)c3)n[nH]2)N=N1. The van der Waals surface area contributed by atoms with E-state index in [4.69, 9.17) is 6.42 Å². The highest BCUT2D eigenvalue weighted by atomic mass is 16.1. The van der Waals surface area contributed by atoms with Gasteiger partial charge in [0, 0.05) is 50.8 Å². The number of carbonyl (C=O) groups excluding carboxylic acids is 1. The van der Waals surface area contributed by atoms with Crippen molar-refractivity contribution < 1.29 is 4.79 Å². The van der Waals surface area contributed by atoms with Crippen molar-refractivity contribution in [1.29, 1.82) is 0 Å². The average Bonchev–Trinajstić information content (AvgIpc) is 2.96. The quantitative estimate of drug-likeness (QED) is 0.767. The molecule has 7 heteroatoms. The van der Waals surface area contributed by atoms with Crippen LogP contribution in [0.1, 0.15) is 29.8 Å². The summed E-state index contributed by atoms with van der Waals surface area (Å²) in [6.07, 6.45) is 11.2. The minimum absolute atomic E-state index is 0.188. The van der Waals surface area contributed by atoms with Crippen LogP contribution in [0, 0.1) is 12.3 Å². The Bertz CT molecular complexity index is 773. The predicted molar refractivity (Wildman–Crippen MR) is 85.6 cm³/mol.